The number of carbonyl (C=O) groups is 1. The van der Waals surface area contributed by atoms with Gasteiger partial charge in [-0.2, -0.15) is 0 Å². The van der Waals surface area contributed by atoms with Gasteiger partial charge in [0.15, 0.2) is 0 Å². The Hall–Kier alpha value is -1.92. The van der Waals surface area contributed by atoms with Crippen molar-refractivity contribution in [3.05, 3.63) is 45.9 Å². The zero-order valence-corrected chi connectivity index (χ0v) is 13.9. The quantitative estimate of drug-likeness (QED) is 0.883. The molecule has 5 nitrogen and oxygen atoms in total. The summed E-state index contributed by atoms with van der Waals surface area (Å²) < 4.78 is 10.6. The molecule has 23 heavy (non-hydrogen) atoms. The number of aromatic nitrogens is 1. The summed E-state index contributed by atoms with van der Waals surface area (Å²) in [6, 6.07) is 7.88. The maximum absolute atomic E-state index is 12.1. The summed E-state index contributed by atoms with van der Waals surface area (Å²) in [5.74, 6) is 0.708. The lowest BCUT2D eigenvalue weighted by atomic mass is 10.1. The lowest BCUT2D eigenvalue weighted by Crippen LogP contribution is -2.31. The molecule has 1 N–H and O–H groups in total. The Labute approximate surface area is 139 Å². The molecule has 1 aliphatic rings. The van der Waals surface area contributed by atoms with Crippen molar-refractivity contribution in [2.75, 3.05) is 20.3 Å². The number of benzene rings is 1. The first-order valence-electron chi connectivity index (χ1n) is 7.72. The molecule has 122 valence electrons. The topological polar surface area (TPSA) is 60.5 Å². The van der Waals surface area contributed by atoms with Crippen LogP contribution in [-0.4, -0.2) is 37.3 Å². The van der Waals surface area contributed by atoms with Crippen molar-refractivity contribution in [3.8, 4) is 5.75 Å². The molecule has 1 atom stereocenters. The number of amides is 1. The molecule has 2 heterocycles. The molecule has 1 aromatic carbocycles. The number of carbonyl (C=O) groups excluding carboxylic acids is 1. The Balaban J connectivity index is 1.54. The average molecular weight is 332 g/mol. The summed E-state index contributed by atoms with van der Waals surface area (Å²) in [4.78, 5) is 16.5. The second-order valence-corrected chi connectivity index (χ2v) is 6.44. The second kappa shape index (κ2) is 7.57. The van der Waals surface area contributed by atoms with Gasteiger partial charge in [0.2, 0.25) is 0 Å². The van der Waals surface area contributed by atoms with Crippen LogP contribution in [0.15, 0.2) is 29.6 Å². The number of ether oxygens (including phenoxy) is 2. The van der Waals surface area contributed by atoms with Crippen molar-refractivity contribution in [3.63, 3.8) is 0 Å². The van der Waals surface area contributed by atoms with Gasteiger partial charge in [0.25, 0.3) is 5.91 Å². The minimum absolute atomic E-state index is 0.127. The van der Waals surface area contributed by atoms with Crippen LogP contribution in [-0.2, 0) is 11.2 Å². The molecule has 1 fully saturated rings. The standard InChI is InChI=1S/C17H20N2O3S/c1-21-13-6-4-12(5-7-13)9-16-19-15(11-23-16)17(20)18-10-14-3-2-8-22-14/h4-7,11,14H,2-3,8-10H2,1H3,(H,18,20). The summed E-state index contributed by atoms with van der Waals surface area (Å²) in [5, 5.41) is 5.63. The zero-order valence-electron chi connectivity index (χ0n) is 13.1. The number of thiazole rings is 1. The van der Waals surface area contributed by atoms with Crippen LogP contribution in [0.2, 0.25) is 0 Å². The van der Waals surface area contributed by atoms with Gasteiger partial charge in [-0.05, 0) is 30.5 Å². The third-order valence-electron chi connectivity index (χ3n) is 3.81. The van der Waals surface area contributed by atoms with E-state index in [2.05, 4.69) is 10.3 Å². The highest BCUT2D eigenvalue weighted by atomic mass is 32.1. The first-order chi connectivity index (χ1) is 11.2. The normalized spacial score (nSPS) is 17.2. The van der Waals surface area contributed by atoms with Crippen LogP contribution in [0, 0.1) is 0 Å². The maximum Gasteiger partial charge on any atom is 0.270 e. The van der Waals surface area contributed by atoms with Crippen molar-refractivity contribution < 1.29 is 14.3 Å². The molecule has 1 aromatic heterocycles. The van der Waals surface area contributed by atoms with Gasteiger partial charge in [-0.15, -0.1) is 11.3 Å². The molecule has 6 heteroatoms. The maximum atomic E-state index is 12.1. The molecule has 1 unspecified atom stereocenters. The average Bonchev–Trinajstić information content (AvgIpc) is 3.25. The van der Waals surface area contributed by atoms with Gasteiger partial charge in [0.05, 0.1) is 18.2 Å². The van der Waals surface area contributed by atoms with E-state index in [0.717, 1.165) is 35.8 Å². The van der Waals surface area contributed by atoms with E-state index in [4.69, 9.17) is 9.47 Å². The highest BCUT2D eigenvalue weighted by Gasteiger charge is 2.17. The minimum atomic E-state index is -0.127. The fourth-order valence-corrected chi connectivity index (χ4v) is 3.33. The molecular formula is C17H20N2O3S. The van der Waals surface area contributed by atoms with E-state index in [1.165, 1.54) is 11.3 Å². The highest BCUT2D eigenvalue weighted by Crippen LogP contribution is 2.18. The summed E-state index contributed by atoms with van der Waals surface area (Å²) in [6.45, 7) is 1.35. The SMILES string of the molecule is COc1ccc(Cc2nc(C(=O)NCC3CCCO3)cs2)cc1. The Kier molecular flexibility index (Phi) is 5.25. The third-order valence-corrected chi connectivity index (χ3v) is 4.66. The number of nitrogens with one attached hydrogen (secondary N) is 1. The fraction of sp³-hybridized carbons (Fsp3) is 0.412. The molecule has 0 spiro atoms. The van der Waals surface area contributed by atoms with Crippen LogP contribution >= 0.6 is 11.3 Å². The first kappa shape index (κ1) is 16.0. The van der Waals surface area contributed by atoms with Crippen LogP contribution < -0.4 is 10.1 Å². The molecule has 3 rings (SSSR count). The monoisotopic (exact) mass is 332 g/mol. The molecule has 1 saturated heterocycles. The number of hydrogen-bond acceptors (Lipinski definition) is 5. The smallest absolute Gasteiger partial charge is 0.270 e. The Bertz CT molecular complexity index is 648. The second-order valence-electron chi connectivity index (χ2n) is 5.50. The van der Waals surface area contributed by atoms with E-state index in [9.17, 15) is 4.79 Å². The molecular weight excluding hydrogens is 312 g/mol. The summed E-state index contributed by atoms with van der Waals surface area (Å²) >= 11 is 1.51. The van der Waals surface area contributed by atoms with Crippen molar-refractivity contribution in [2.24, 2.45) is 0 Å². The van der Waals surface area contributed by atoms with Crippen LogP contribution in [0.4, 0.5) is 0 Å². The van der Waals surface area contributed by atoms with Crippen molar-refractivity contribution in [2.45, 2.75) is 25.4 Å². The van der Waals surface area contributed by atoms with E-state index >= 15 is 0 Å². The van der Waals surface area contributed by atoms with Crippen molar-refractivity contribution >= 4 is 17.2 Å². The highest BCUT2D eigenvalue weighted by molar-refractivity contribution is 7.09. The van der Waals surface area contributed by atoms with Crippen LogP contribution in [0.5, 0.6) is 5.75 Å². The number of methoxy groups -OCH3 is 1. The van der Waals surface area contributed by atoms with Gasteiger partial charge in [0, 0.05) is 25.0 Å². The zero-order chi connectivity index (χ0) is 16.1. The minimum Gasteiger partial charge on any atom is -0.497 e. The van der Waals surface area contributed by atoms with E-state index in [1.807, 2.05) is 29.6 Å². The van der Waals surface area contributed by atoms with Gasteiger partial charge in [-0.25, -0.2) is 4.98 Å². The summed E-state index contributed by atoms with van der Waals surface area (Å²) in [7, 11) is 1.65. The first-order valence-corrected chi connectivity index (χ1v) is 8.59. The lowest BCUT2D eigenvalue weighted by Gasteiger charge is -2.09. The van der Waals surface area contributed by atoms with Gasteiger partial charge in [-0.1, -0.05) is 12.1 Å². The molecule has 0 aliphatic carbocycles. The Morgan fingerprint density at radius 2 is 2.26 bits per heavy atom. The van der Waals surface area contributed by atoms with Crippen LogP contribution in [0.1, 0.15) is 33.9 Å². The number of nitrogens with zero attached hydrogens (tertiary/aromatic N) is 1. The summed E-state index contributed by atoms with van der Waals surface area (Å²) in [5.41, 5.74) is 1.63. The Morgan fingerprint density at radius 1 is 1.43 bits per heavy atom. The predicted octanol–water partition coefficient (Wildman–Crippen LogP) is 2.65. The van der Waals surface area contributed by atoms with Crippen LogP contribution in [0.3, 0.4) is 0 Å². The largest absolute Gasteiger partial charge is 0.497 e. The summed E-state index contributed by atoms with van der Waals surface area (Å²) in [6.07, 6.45) is 2.95. The Morgan fingerprint density at radius 3 is 2.96 bits per heavy atom. The van der Waals surface area contributed by atoms with Gasteiger partial charge < -0.3 is 14.8 Å². The molecule has 1 amide bonds. The van der Waals surface area contributed by atoms with Crippen molar-refractivity contribution in [1.29, 1.82) is 0 Å². The molecule has 0 radical (unpaired) electrons. The van der Waals surface area contributed by atoms with E-state index in [1.54, 1.807) is 7.11 Å². The van der Waals surface area contributed by atoms with Crippen molar-refractivity contribution in [1.82, 2.24) is 10.3 Å². The molecule has 1 aliphatic heterocycles. The molecule has 0 saturated carbocycles. The van der Waals surface area contributed by atoms with E-state index < -0.39 is 0 Å². The fourth-order valence-electron chi connectivity index (χ4n) is 2.52. The van der Waals surface area contributed by atoms with Gasteiger partial charge in [-0.3, -0.25) is 4.79 Å². The number of hydrogen-bond donors (Lipinski definition) is 1. The van der Waals surface area contributed by atoms with Crippen LogP contribution in [0.25, 0.3) is 0 Å². The lowest BCUT2D eigenvalue weighted by molar-refractivity contribution is 0.0854. The third kappa shape index (κ3) is 4.30. The van der Waals surface area contributed by atoms with Gasteiger partial charge >= 0.3 is 0 Å². The van der Waals surface area contributed by atoms with Gasteiger partial charge in [0.1, 0.15) is 11.4 Å². The number of rotatable bonds is 6. The van der Waals surface area contributed by atoms with E-state index in [0.29, 0.717) is 18.7 Å². The molecule has 0 bridgehead atoms. The molecule has 2 aromatic rings. The predicted molar refractivity (Wildman–Crippen MR) is 89.2 cm³/mol. The van der Waals surface area contributed by atoms with E-state index in [-0.39, 0.29) is 12.0 Å².